The molecule has 3 fully saturated rings. The van der Waals surface area contributed by atoms with Crippen LogP contribution in [0.15, 0.2) is 59.6 Å². The number of hydrogen-bond donors (Lipinski definition) is 2. The van der Waals surface area contributed by atoms with Crippen LogP contribution < -0.4 is 15.5 Å². The third-order valence-electron chi connectivity index (χ3n) is 10.2. The smallest absolute Gasteiger partial charge is 0.387 e. The second-order valence-corrected chi connectivity index (χ2v) is 14.8. The highest BCUT2D eigenvalue weighted by Crippen LogP contribution is 2.36. The molecule has 15 nitrogen and oxygen atoms in total. The first kappa shape index (κ1) is 42.9. The second-order valence-electron chi connectivity index (χ2n) is 13.9. The van der Waals surface area contributed by atoms with Gasteiger partial charge in [0.1, 0.15) is 18.6 Å². The van der Waals surface area contributed by atoms with Crippen LogP contribution in [0.2, 0.25) is 0 Å². The molecule has 306 valence electrons. The van der Waals surface area contributed by atoms with Crippen LogP contribution in [0.3, 0.4) is 0 Å². The number of halogens is 2. The number of carbonyl (C=O) groups excluding carboxylic acids is 3. The maximum Gasteiger partial charge on any atom is 0.387 e. The molecule has 1 atom stereocenters. The molecule has 1 aromatic carbocycles. The Morgan fingerprint density at radius 1 is 1.09 bits per heavy atom. The summed E-state index contributed by atoms with van der Waals surface area (Å²) in [6.45, 7) is 7.83. The molecule has 7 rings (SSSR count). The lowest BCUT2D eigenvalue weighted by Crippen LogP contribution is -2.52. The van der Waals surface area contributed by atoms with E-state index in [-0.39, 0.29) is 18.2 Å². The number of piperazine rings is 1. The Morgan fingerprint density at radius 2 is 1.84 bits per heavy atom. The van der Waals surface area contributed by atoms with Gasteiger partial charge in [0.15, 0.2) is 11.9 Å². The molecule has 0 saturated carbocycles. The van der Waals surface area contributed by atoms with E-state index in [2.05, 4.69) is 42.6 Å². The molecule has 0 aliphatic carbocycles. The number of fused-ring (bicyclic) bond motifs is 1. The van der Waals surface area contributed by atoms with Crippen molar-refractivity contribution in [3.63, 3.8) is 0 Å². The number of nitrogens with one attached hydrogen (secondary N) is 2. The first-order chi connectivity index (χ1) is 27.2. The normalized spacial score (nSPS) is 19.8. The number of morpholine rings is 1. The van der Waals surface area contributed by atoms with Crippen molar-refractivity contribution in [3.8, 4) is 5.75 Å². The zero-order chi connectivity index (χ0) is 39.9. The van der Waals surface area contributed by atoms with Crippen molar-refractivity contribution in [2.75, 3.05) is 106 Å². The topological polar surface area (TPSA) is 140 Å². The molecule has 1 unspecified atom stereocenters. The van der Waals surface area contributed by atoms with Crippen LogP contribution in [0.25, 0.3) is 5.65 Å². The van der Waals surface area contributed by atoms with Gasteiger partial charge in [-0.3, -0.25) is 19.4 Å². The molecule has 18 heteroatoms. The molecule has 4 aliphatic rings. The molecule has 2 N–H and O–H groups in total. The molecule has 0 spiro atoms. The summed E-state index contributed by atoms with van der Waals surface area (Å²) in [4.78, 5) is 47.9. The van der Waals surface area contributed by atoms with Crippen molar-refractivity contribution in [2.24, 2.45) is 5.92 Å². The Morgan fingerprint density at radius 3 is 2.46 bits per heavy atom. The van der Waals surface area contributed by atoms with E-state index in [4.69, 9.17) is 9.47 Å². The molecule has 6 heterocycles. The fourth-order valence-corrected chi connectivity index (χ4v) is 7.41. The number of hydrazine groups is 1. The van der Waals surface area contributed by atoms with Gasteiger partial charge in [0.05, 0.1) is 43.3 Å². The third kappa shape index (κ3) is 12.4. The van der Waals surface area contributed by atoms with Crippen LogP contribution >= 0.6 is 11.8 Å². The van der Waals surface area contributed by atoms with E-state index in [1.807, 2.05) is 23.4 Å². The van der Waals surface area contributed by atoms with Gasteiger partial charge < -0.3 is 34.4 Å². The monoisotopic (exact) mass is 800 g/mol. The first-order valence-electron chi connectivity index (χ1n) is 18.9. The number of nitrogens with zero attached hydrogens (tertiary/aromatic N) is 8. The van der Waals surface area contributed by atoms with E-state index in [0.29, 0.717) is 42.3 Å². The number of ether oxygens (including phenoxy) is 2. The fraction of sp³-hybridized carbons (Fsp3) is 0.553. The summed E-state index contributed by atoms with van der Waals surface area (Å²) in [6.07, 6.45) is 12.5. The van der Waals surface area contributed by atoms with E-state index >= 15 is 0 Å². The number of carbonyl (C=O) groups is 3. The lowest BCUT2D eigenvalue weighted by molar-refractivity contribution is -0.134. The molecule has 2 aromatic heterocycles. The van der Waals surface area contributed by atoms with Gasteiger partial charge in [-0.2, -0.15) is 13.9 Å². The Balaban J connectivity index is 0.000000269. The maximum atomic E-state index is 13.1. The Kier molecular flexibility index (Phi) is 16.8. The van der Waals surface area contributed by atoms with Gasteiger partial charge in [0.25, 0.3) is 0 Å². The van der Waals surface area contributed by atoms with Crippen LogP contribution in [-0.4, -0.2) is 170 Å². The zero-order valence-corrected chi connectivity index (χ0v) is 33.2. The van der Waals surface area contributed by atoms with Gasteiger partial charge in [-0.15, -0.1) is 11.8 Å². The van der Waals surface area contributed by atoms with E-state index in [0.717, 1.165) is 95.0 Å². The summed E-state index contributed by atoms with van der Waals surface area (Å²) in [5, 5.41) is 8.75. The predicted octanol–water partition coefficient (Wildman–Crippen LogP) is 2.48. The molecular weight excluding hydrogens is 747 g/mol. The van der Waals surface area contributed by atoms with Crippen molar-refractivity contribution in [3.05, 3.63) is 65.9 Å². The molecule has 3 aromatic rings. The highest BCUT2D eigenvalue weighted by molar-refractivity contribution is 7.98. The molecule has 0 bridgehead atoms. The van der Waals surface area contributed by atoms with Gasteiger partial charge in [-0.05, 0) is 69.4 Å². The van der Waals surface area contributed by atoms with Gasteiger partial charge in [0, 0.05) is 81.9 Å². The standard InChI is InChI=1S/C26H38F2N6O3S.C7H5N3O.C5H11NO/c1-29-22-17-34(30-25(22)21-15-20(38-2)3-4-23(21)37-26(27)28)18-24(36)33-11-9-32(10-12-33)16-19-5-7-31(8-6-19)13-14-35;11-5-6-4-9-10-3-1-2-8-7(6)10;1-6-2-4-7-5-3-6/h3-4,14-15,17,19,25-26,29-30H,5-13,16,18H2,1-2H3;1-5H;2-5H2,1H3. The van der Waals surface area contributed by atoms with E-state index in [1.165, 1.54) is 18.0 Å². The van der Waals surface area contributed by atoms with Crippen LogP contribution in [0, 0.1) is 5.92 Å². The minimum atomic E-state index is -2.93. The van der Waals surface area contributed by atoms with Gasteiger partial charge in [-0.25, -0.2) is 14.9 Å². The number of rotatable bonds is 12. The van der Waals surface area contributed by atoms with Crippen LogP contribution in [0.4, 0.5) is 8.78 Å². The Hall–Kier alpha value is -4.20. The largest absolute Gasteiger partial charge is 0.434 e. The average Bonchev–Trinajstić information content (AvgIpc) is 3.83. The summed E-state index contributed by atoms with van der Waals surface area (Å²) in [5.41, 5.74) is 5.74. The van der Waals surface area contributed by atoms with Crippen LogP contribution in [-0.2, 0) is 14.3 Å². The van der Waals surface area contributed by atoms with E-state index in [1.54, 1.807) is 47.2 Å². The second kappa shape index (κ2) is 21.9. The number of aromatic nitrogens is 3. The summed E-state index contributed by atoms with van der Waals surface area (Å²) in [6, 6.07) is 6.46. The maximum absolute atomic E-state index is 13.1. The molecular formula is C38H54F2N10O5S. The summed E-state index contributed by atoms with van der Waals surface area (Å²) in [5.74, 6) is 0.767. The zero-order valence-electron chi connectivity index (χ0n) is 32.4. The number of thioether (sulfide) groups is 1. The minimum Gasteiger partial charge on any atom is -0.434 e. The number of alkyl halides is 2. The quantitative estimate of drug-likeness (QED) is 0.205. The van der Waals surface area contributed by atoms with Gasteiger partial charge >= 0.3 is 6.61 Å². The number of likely N-dealkylation sites (tertiary alicyclic amines) is 1. The number of piperidine rings is 1. The van der Waals surface area contributed by atoms with Crippen molar-refractivity contribution in [2.45, 2.75) is 30.4 Å². The number of aldehydes is 2. The number of likely N-dealkylation sites (N-methyl/N-ethyl adjacent to an activating group) is 2. The SMILES string of the molecule is CN1CCOCC1.CNC1=CN(CC(=O)N2CCN(CC3CCN(CC=O)CC3)CC2)NC1c1cc(SC)ccc1OC(F)F.O=Cc1cnn2cccnc12. The number of benzene rings is 1. The highest BCUT2D eigenvalue weighted by atomic mass is 32.2. The molecule has 0 radical (unpaired) electrons. The number of amides is 1. The molecule has 56 heavy (non-hydrogen) atoms. The number of hydrogen-bond acceptors (Lipinski definition) is 14. The molecule has 1 amide bonds. The van der Waals surface area contributed by atoms with Crippen molar-refractivity contribution in [1.29, 1.82) is 0 Å². The van der Waals surface area contributed by atoms with Crippen LogP contribution in [0.5, 0.6) is 5.75 Å². The summed E-state index contributed by atoms with van der Waals surface area (Å²) >= 11 is 1.52. The fourth-order valence-electron chi connectivity index (χ4n) is 6.97. The van der Waals surface area contributed by atoms with Gasteiger partial charge in [-0.1, -0.05) is 0 Å². The minimum absolute atomic E-state index is 0.0218. The third-order valence-corrected chi connectivity index (χ3v) is 10.9. The molecule has 3 saturated heterocycles. The lowest BCUT2D eigenvalue weighted by atomic mass is 9.96. The van der Waals surface area contributed by atoms with Crippen LogP contribution in [0.1, 0.15) is 34.8 Å². The molecule has 4 aliphatic heterocycles. The Bertz CT molecular complexity index is 1730. The Labute approximate surface area is 331 Å². The first-order valence-corrected chi connectivity index (χ1v) is 20.1. The predicted molar refractivity (Wildman–Crippen MR) is 210 cm³/mol. The van der Waals surface area contributed by atoms with Crippen molar-refractivity contribution < 1.29 is 32.6 Å². The van der Waals surface area contributed by atoms with Gasteiger partial charge in [0.2, 0.25) is 5.91 Å². The summed E-state index contributed by atoms with van der Waals surface area (Å²) < 4.78 is 37.5. The average molecular weight is 801 g/mol. The van der Waals surface area contributed by atoms with E-state index in [9.17, 15) is 23.2 Å². The van der Waals surface area contributed by atoms with Crippen molar-refractivity contribution in [1.82, 2.24) is 49.9 Å². The highest BCUT2D eigenvalue weighted by Gasteiger charge is 2.31. The summed E-state index contributed by atoms with van der Waals surface area (Å²) in [7, 11) is 3.88. The van der Waals surface area contributed by atoms with Crippen molar-refractivity contribution >= 4 is 35.9 Å². The van der Waals surface area contributed by atoms with E-state index < -0.39 is 12.7 Å². The lowest BCUT2D eigenvalue weighted by Gasteiger charge is -2.39.